The third kappa shape index (κ3) is 6.11. The second-order valence-electron chi connectivity index (χ2n) is 5.71. The summed E-state index contributed by atoms with van der Waals surface area (Å²) in [6, 6.07) is 14.9. The minimum Gasteiger partial charge on any atom is -0.484 e. The maximum atomic E-state index is 12.0. The number of hydrogen-bond acceptors (Lipinski definition) is 5. The number of carbonyl (C=O) groups excluding carboxylic acids is 1. The molecule has 1 unspecified atom stereocenters. The number of nitrogens with one attached hydrogen (secondary N) is 2. The molecule has 0 fully saturated rings. The first kappa shape index (κ1) is 19.3. The lowest BCUT2D eigenvalue weighted by atomic mass is 10.1. The number of carbonyl (C=O) groups is 1. The summed E-state index contributed by atoms with van der Waals surface area (Å²) >= 11 is 0. The van der Waals surface area contributed by atoms with E-state index >= 15 is 0 Å². The van der Waals surface area contributed by atoms with Gasteiger partial charge in [0.25, 0.3) is 5.91 Å². The topological polar surface area (TPSA) is 108 Å². The van der Waals surface area contributed by atoms with E-state index in [0.29, 0.717) is 17.0 Å². The van der Waals surface area contributed by atoms with Crippen molar-refractivity contribution in [3.05, 3.63) is 59.7 Å². The van der Waals surface area contributed by atoms with Gasteiger partial charge in [0, 0.05) is 5.69 Å². The molecule has 136 valence electrons. The molecule has 0 heterocycles. The lowest BCUT2D eigenvalue weighted by Gasteiger charge is -2.16. The van der Waals surface area contributed by atoms with Crippen molar-refractivity contribution in [2.75, 3.05) is 17.6 Å². The van der Waals surface area contributed by atoms with Crippen molar-refractivity contribution >= 4 is 21.6 Å². The summed E-state index contributed by atoms with van der Waals surface area (Å²) in [5.74, 6) is 0.175. The zero-order valence-corrected chi connectivity index (χ0v) is 15.2. The summed E-state index contributed by atoms with van der Waals surface area (Å²) in [4.78, 5) is 12.0. The molecular weight excluding hydrogens is 354 g/mol. The van der Waals surface area contributed by atoms with E-state index in [0.717, 1.165) is 11.8 Å². The average Bonchev–Trinajstić information content (AvgIpc) is 2.59. The molecule has 7 nitrogen and oxygen atoms in total. The molecule has 1 atom stereocenters. The van der Waals surface area contributed by atoms with Gasteiger partial charge in [0.1, 0.15) is 5.75 Å². The maximum absolute atomic E-state index is 12.0. The van der Waals surface area contributed by atoms with E-state index < -0.39 is 10.0 Å². The Balaban J connectivity index is 1.92. The lowest BCUT2D eigenvalue weighted by molar-refractivity contribution is -0.123. The second kappa shape index (κ2) is 8.36. The Kier molecular flexibility index (Phi) is 6.20. The van der Waals surface area contributed by atoms with Crippen LogP contribution in [0, 0.1) is 11.3 Å². The van der Waals surface area contributed by atoms with Crippen LogP contribution in [0.1, 0.15) is 24.1 Å². The van der Waals surface area contributed by atoms with Crippen molar-refractivity contribution in [1.82, 2.24) is 5.32 Å². The molecule has 0 spiro atoms. The highest BCUT2D eigenvalue weighted by Crippen LogP contribution is 2.18. The molecule has 0 saturated heterocycles. The summed E-state index contributed by atoms with van der Waals surface area (Å²) in [6.45, 7) is 1.62. The van der Waals surface area contributed by atoms with Crippen molar-refractivity contribution in [3.63, 3.8) is 0 Å². The lowest BCUT2D eigenvalue weighted by Crippen LogP contribution is -2.31. The number of nitriles is 1. The van der Waals surface area contributed by atoms with Crippen LogP contribution in [0.3, 0.4) is 0 Å². The van der Waals surface area contributed by atoms with Gasteiger partial charge >= 0.3 is 0 Å². The van der Waals surface area contributed by atoms with E-state index in [9.17, 15) is 13.2 Å². The number of benzene rings is 2. The highest BCUT2D eigenvalue weighted by molar-refractivity contribution is 7.92. The summed E-state index contributed by atoms with van der Waals surface area (Å²) < 4.78 is 30.4. The van der Waals surface area contributed by atoms with Crippen LogP contribution in [0.15, 0.2) is 48.5 Å². The predicted molar refractivity (Wildman–Crippen MR) is 98.1 cm³/mol. The molecule has 1 amide bonds. The molecule has 0 aromatic heterocycles. The molecule has 2 N–H and O–H groups in total. The van der Waals surface area contributed by atoms with E-state index in [2.05, 4.69) is 10.0 Å². The quantitative estimate of drug-likeness (QED) is 0.773. The van der Waals surface area contributed by atoms with Gasteiger partial charge in [-0.2, -0.15) is 5.26 Å². The maximum Gasteiger partial charge on any atom is 0.258 e. The highest BCUT2D eigenvalue weighted by atomic mass is 32.2. The average molecular weight is 373 g/mol. The van der Waals surface area contributed by atoms with Crippen molar-refractivity contribution < 1.29 is 17.9 Å². The van der Waals surface area contributed by atoms with Crippen LogP contribution in [0.2, 0.25) is 0 Å². The first-order chi connectivity index (χ1) is 12.3. The molecule has 0 radical (unpaired) electrons. The first-order valence-corrected chi connectivity index (χ1v) is 9.66. The number of anilines is 1. The Hall–Kier alpha value is -3.05. The van der Waals surface area contributed by atoms with Crippen molar-refractivity contribution in [2.24, 2.45) is 0 Å². The number of ether oxygens (including phenoxy) is 1. The zero-order chi connectivity index (χ0) is 19.2. The van der Waals surface area contributed by atoms with Gasteiger partial charge in [-0.3, -0.25) is 9.52 Å². The number of hydrogen-bond donors (Lipinski definition) is 2. The largest absolute Gasteiger partial charge is 0.484 e. The smallest absolute Gasteiger partial charge is 0.258 e. The van der Waals surface area contributed by atoms with Crippen molar-refractivity contribution in [1.29, 1.82) is 5.26 Å². The van der Waals surface area contributed by atoms with Gasteiger partial charge in [0.15, 0.2) is 6.61 Å². The zero-order valence-electron chi connectivity index (χ0n) is 14.4. The second-order valence-corrected chi connectivity index (χ2v) is 7.46. The number of sulfonamides is 1. The van der Waals surface area contributed by atoms with E-state index in [1.165, 1.54) is 0 Å². The molecule has 0 aliphatic heterocycles. The molecule has 0 aliphatic rings. The fourth-order valence-corrected chi connectivity index (χ4v) is 2.78. The normalized spacial score (nSPS) is 11.9. The first-order valence-electron chi connectivity index (χ1n) is 7.77. The molecule has 0 aliphatic carbocycles. The summed E-state index contributed by atoms with van der Waals surface area (Å²) in [7, 11) is -3.36. The molecule has 2 rings (SSSR count). The van der Waals surface area contributed by atoms with Crippen LogP contribution in [0.4, 0.5) is 5.69 Å². The molecular formula is C18H19N3O4S. The molecule has 2 aromatic rings. The molecule has 0 saturated carbocycles. The Morgan fingerprint density at radius 1 is 1.23 bits per heavy atom. The fourth-order valence-electron chi connectivity index (χ4n) is 2.23. The number of amides is 1. The summed E-state index contributed by atoms with van der Waals surface area (Å²) in [5.41, 5.74) is 1.70. The van der Waals surface area contributed by atoms with Crippen LogP contribution in [-0.4, -0.2) is 27.2 Å². The molecule has 2 aromatic carbocycles. The minimum absolute atomic E-state index is 0.169. The van der Waals surface area contributed by atoms with E-state index in [1.54, 1.807) is 55.5 Å². The van der Waals surface area contributed by atoms with Crippen LogP contribution in [-0.2, 0) is 14.8 Å². The SMILES string of the molecule is CC(NC(=O)COc1ccc(C#N)cc1)c1cccc(NS(C)(=O)=O)c1. The van der Waals surface area contributed by atoms with Gasteiger partial charge in [0.2, 0.25) is 10.0 Å². The molecule has 8 heteroatoms. The van der Waals surface area contributed by atoms with Crippen LogP contribution in [0.5, 0.6) is 5.75 Å². The Morgan fingerprint density at radius 3 is 2.54 bits per heavy atom. The van der Waals surface area contributed by atoms with Gasteiger partial charge < -0.3 is 10.1 Å². The predicted octanol–water partition coefficient (Wildman–Crippen LogP) is 2.19. The van der Waals surface area contributed by atoms with Gasteiger partial charge in [0.05, 0.1) is 23.9 Å². The van der Waals surface area contributed by atoms with Gasteiger partial charge in [-0.15, -0.1) is 0 Å². The van der Waals surface area contributed by atoms with Crippen LogP contribution < -0.4 is 14.8 Å². The van der Waals surface area contributed by atoms with Crippen LogP contribution in [0.25, 0.3) is 0 Å². The van der Waals surface area contributed by atoms with Crippen molar-refractivity contribution in [3.8, 4) is 11.8 Å². The molecule has 26 heavy (non-hydrogen) atoms. The van der Waals surface area contributed by atoms with Crippen LogP contribution >= 0.6 is 0 Å². The highest BCUT2D eigenvalue weighted by Gasteiger charge is 2.11. The Bertz CT molecular complexity index is 918. The van der Waals surface area contributed by atoms with Gasteiger partial charge in [-0.25, -0.2) is 8.42 Å². The third-order valence-electron chi connectivity index (χ3n) is 3.42. The summed E-state index contributed by atoms with van der Waals surface area (Å²) in [6.07, 6.45) is 1.07. The number of nitrogens with zero attached hydrogens (tertiary/aromatic N) is 1. The molecule has 0 bridgehead atoms. The summed E-state index contributed by atoms with van der Waals surface area (Å²) in [5, 5.41) is 11.5. The third-order valence-corrected chi connectivity index (χ3v) is 4.03. The van der Waals surface area contributed by atoms with Gasteiger partial charge in [-0.1, -0.05) is 12.1 Å². The van der Waals surface area contributed by atoms with E-state index in [-0.39, 0.29) is 18.6 Å². The number of rotatable bonds is 7. The van der Waals surface area contributed by atoms with Gasteiger partial charge in [-0.05, 0) is 48.9 Å². The monoisotopic (exact) mass is 373 g/mol. The van der Waals surface area contributed by atoms with Crippen molar-refractivity contribution in [2.45, 2.75) is 13.0 Å². The Labute approximate surface area is 152 Å². The minimum atomic E-state index is -3.36. The van der Waals surface area contributed by atoms with E-state index in [4.69, 9.17) is 10.00 Å². The standard InChI is InChI=1S/C18H19N3O4S/c1-13(15-4-3-5-16(10-15)21-26(2,23)24)20-18(22)12-25-17-8-6-14(11-19)7-9-17/h3-10,13,21H,12H2,1-2H3,(H,20,22). The Morgan fingerprint density at radius 2 is 1.92 bits per heavy atom. The fraction of sp³-hybridized carbons (Fsp3) is 0.222. The van der Waals surface area contributed by atoms with E-state index in [1.807, 2.05) is 6.07 Å².